The third kappa shape index (κ3) is 12.8. The average Bonchev–Trinajstić information content (AvgIpc) is 3.40. The van der Waals surface area contributed by atoms with Gasteiger partial charge in [0.25, 0.3) is 5.91 Å². The number of benzene rings is 3. The van der Waals surface area contributed by atoms with Crippen molar-refractivity contribution in [2.75, 3.05) is 25.5 Å². The van der Waals surface area contributed by atoms with E-state index in [9.17, 15) is 9.90 Å². The fourth-order valence-corrected chi connectivity index (χ4v) is 7.94. The van der Waals surface area contributed by atoms with Crippen LogP contribution in [-0.4, -0.2) is 40.6 Å². The van der Waals surface area contributed by atoms with Crippen LogP contribution in [0.2, 0.25) is 0 Å². The Labute approximate surface area is 346 Å². The van der Waals surface area contributed by atoms with Crippen molar-refractivity contribution < 1.29 is 9.90 Å². The summed E-state index contributed by atoms with van der Waals surface area (Å²) in [5.74, 6) is 1.21. The molecule has 0 spiro atoms. The Kier molecular flexibility index (Phi) is 18.4. The summed E-state index contributed by atoms with van der Waals surface area (Å²) in [5.41, 5.74) is 10.7. The van der Waals surface area contributed by atoms with Gasteiger partial charge in [-0.2, -0.15) is 0 Å². The summed E-state index contributed by atoms with van der Waals surface area (Å²) in [6.45, 7) is 21.2. The van der Waals surface area contributed by atoms with Gasteiger partial charge in [-0.1, -0.05) is 109 Å². The highest BCUT2D eigenvalue weighted by molar-refractivity contribution is 6.04. The number of carbonyl (C=O) groups is 1. The van der Waals surface area contributed by atoms with E-state index in [1.165, 1.54) is 91.3 Å². The number of anilines is 1. The molecule has 57 heavy (non-hydrogen) atoms. The van der Waals surface area contributed by atoms with Crippen molar-refractivity contribution in [1.82, 2.24) is 9.47 Å². The number of aryl methyl sites for hydroxylation is 2. The van der Waals surface area contributed by atoms with Crippen LogP contribution < -0.4 is 5.32 Å². The van der Waals surface area contributed by atoms with E-state index in [1.54, 1.807) is 6.07 Å². The van der Waals surface area contributed by atoms with E-state index < -0.39 is 0 Å². The second-order valence-electron chi connectivity index (χ2n) is 16.4. The lowest BCUT2D eigenvalue weighted by Gasteiger charge is -2.29. The van der Waals surface area contributed by atoms with Gasteiger partial charge in [-0.05, 0) is 156 Å². The van der Waals surface area contributed by atoms with E-state index in [4.69, 9.17) is 0 Å². The van der Waals surface area contributed by atoms with E-state index in [-0.39, 0.29) is 11.7 Å². The number of rotatable bonds is 19. The Morgan fingerprint density at radius 3 is 2.28 bits per heavy atom. The van der Waals surface area contributed by atoms with Crippen LogP contribution in [0.5, 0.6) is 5.75 Å². The molecule has 0 radical (unpaired) electrons. The summed E-state index contributed by atoms with van der Waals surface area (Å²) in [7, 11) is 2.17. The summed E-state index contributed by atoms with van der Waals surface area (Å²) < 4.78 is 2.50. The first kappa shape index (κ1) is 45.4. The molecule has 0 bridgehead atoms. The molecule has 5 rings (SSSR count). The van der Waals surface area contributed by atoms with Gasteiger partial charge in [0.1, 0.15) is 5.75 Å². The number of phenolic OH excluding ortho intramolecular Hbond substituents is 1. The van der Waals surface area contributed by atoms with Crippen LogP contribution in [0, 0.1) is 19.8 Å². The van der Waals surface area contributed by atoms with E-state index in [2.05, 4.69) is 119 Å². The number of hydrogen-bond acceptors (Lipinski definition) is 3. The lowest BCUT2D eigenvalue weighted by molar-refractivity contribution is 0.102. The van der Waals surface area contributed by atoms with Crippen LogP contribution in [0.4, 0.5) is 5.69 Å². The summed E-state index contributed by atoms with van der Waals surface area (Å²) in [6.07, 6.45) is 23.0. The molecule has 1 amide bonds. The fraction of sp³-hybridized carbons (Fsp3) is 0.481. The first-order chi connectivity index (χ1) is 27.5. The van der Waals surface area contributed by atoms with Gasteiger partial charge in [0.15, 0.2) is 0 Å². The van der Waals surface area contributed by atoms with E-state index in [0.717, 1.165) is 54.8 Å². The van der Waals surface area contributed by atoms with Gasteiger partial charge in [0.05, 0.1) is 0 Å². The molecule has 1 fully saturated rings. The number of phenols is 1. The lowest BCUT2D eigenvalue weighted by atomic mass is 9.76. The van der Waals surface area contributed by atoms with Crippen molar-refractivity contribution in [1.29, 1.82) is 0 Å². The molecule has 308 valence electrons. The molecule has 0 aliphatic heterocycles. The minimum atomic E-state index is -0.175. The van der Waals surface area contributed by atoms with Gasteiger partial charge in [-0.15, -0.1) is 0 Å². The molecule has 5 nitrogen and oxygen atoms in total. The molecule has 3 aromatic carbocycles. The van der Waals surface area contributed by atoms with Crippen molar-refractivity contribution in [2.45, 2.75) is 138 Å². The van der Waals surface area contributed by atoms with Crippen LogP contribution in [0.15, 0.2) is 85.0 Å². The Hall–Kier alpha value is -4.35. The number of aromatic hydroxyl groups is 1. The van der Waals surface area contributed by atoms with Crippen molar-refractivity contribution in [2.24, 2.45) is 5.92 Å². The minimum absolute atomic E-state index is 0.175. The zero-order chi connectivity index (χ0) is 41.3. The standard InChI is InChI=1S/C45H56N2O2.C7H17N/c1-7-10-11-17-37(15-8-2)44-41(36-18-14-19-36)29-39(30-43(44)48)46-45(49)38-23-20-34(21-24-38)27-35-22-25-42-40(28-35)32(5)33(6)47(42)26-13-12-16-31(4)9-3;1-4-6-8(3)7-5-2/h8,10-11,15,17,20-25,28-31,36,48H,7,9,12-14,16,18-19,26-27H2,1-6H3,(H,46,49);4-7H2,1-3H3/b11-10+,15-8-,37-17+;. The molecule has 1 unspecified atom stereocenters. The molecular formula is C52H73N3O2. The highest BCUT2D eigenvalue weighted by Gasteiger charge is 2.26. The summed E-state index contributed by atoms with van der Waals surface area (Å²) in [5, 5.41) is 15.7. The monoisotopic (exact) mass is 772 g/mol. The zero-order valence-electron chi connectivity index (χ0n) is 36.9. The average molecular weight is 772 g/mol. The summed E-state index contributed by atoms with van der Waals surface area (Å²) >= 11 is 0. The first-order valence-electron chi connectivity index (χ1n) is 22.1. The van der Waals surface area contributed by atoms with Crippen LogP contribution >= 0.6 is 0 Å². The Morgan fingerprint density at radius 1 is 0.965 bits per heavy atom. The van der Waals surface area contributed by atoms with Crippen LogP contribution in [0.3, 0.4) is 0 Å². The highest BCUT2D eigenvalue weighted by atomic mass is 16.3. The largest absolute Gasteiger partial charge is 0.507 e. The molecule has 4 aromatic rings. The number of hydrogen-bond donors (Lipinski definition) is 2. The molecule has 1 aromatic heterocycles. The third-order valence-electron chi connectivity index (χ3n) is 11.8. The number of fused-ring (bicyclic) bond motifs is 1. The normalized spacial score (nSPS) is 14.0. The molecule has 2 N–H and O–H groups in total. The number of nitrogens with one attached hydrogen (secondary N) is 1. The number of amides is 1. The smallest absolute Gasteiger partial charge is 0.255 e. The number of carbonyl (C=O) groups excluding carboxylic acids is 1. The van der Waals surface area contributed by atoms with E-state index in [1.807, 2.05) is 37.3 Å². The van der Waals surface area contributed by atoms with Gasteiger partial charge < -0.3 is 19.9 Å². The van der Waals surface area contributed by atoms with Gasteiger partial charge >= 0.3 is 0 Å². The van der Waals surface area contributed by atoms with Gasteiger partial charge in [0.2, 0.25) is 0 Å². The number of unbranched alkanes of at least 4 members (excludes halogenated alkanes) is 1. The summed E-state index contributed by atoms with van der Waals surface area (Å²) in [6, 6.07) is 18.6. The topological polar surface area (TPSA) is 57.5 Å². The third-order valence-corrected chi connectivity index (χ3v) is 11.8. The van der Waals surface area contributed by atoms with Crippen molar-refractivity contribution in [3.05, 3.63) is 124 Å². The van der Waals surface area contributed by atoms with Crippen molar-refractivity contribution in [3.63, 3.8) is 0 Å². The second kappa shape index (κ2) is 23.2. The number of nitrogens with zero attached hydrogens (tertiary/aromatic N) is 2. The maximum absolute atomic E-state index is 13.4. The molecule has 5 heteroatoms. The fourth-order valence-electron chi connectivity index (χ4n) is 7.94. The molecule has 1 aliphatic rings. The first-order valence-corrected chi connectivity index (χ1v) is 22.1. The van der Waals surface area contributed by atoms with Crippen LogP contribution in [-0.2, 0) is 13.0 Å². The molecule has 1 atom stereocenters. The Balaban J connectivity index is 0.000000812. The van der Waals surface area contributed by atoms with Crippen LogP contribution in [0.1, 0.15) is 156 Å². The molecular weight excluding hydrogens is 699 g/mol. The van der Waals surface area contributed by atoms with E-state index in [0.29, 0.717) is 17.2 Å². The lowest BCUT2D eigenvalue weighted by Crippen LogP contribution is -2.19. The predicted molar refractivity (Wildman–Crippen MR) is 247 cm³/mol. The second-order valence-corrected chi connectivity index (χ2v) is 16.4. The maximum Gasteiger partial charge on any atom is 0.255 e. The van der Waals surface area contributed by atoms with E-state index >= 15 is 0 Å². The number of allylic oxidation sites excluding steroid dienone is 6. The molecule has 1 saturated carbocycles. The summed E-state index contributed by atoms with van der Waals surface area (Å²) in [4.78, 5) is 15.8. The van der Waals surface area contributed by atoms with Crippen molar-refractivity contribution >= 4 is 28.1 Å². The van der Waals surface area contributed by atoms with Gasteiger partial charge in [-0.3, -0.25) is 4.79 Å². The number of aromatic nitrogens is 1. The van der Waals surface area contributed by atoms with Crippen molar-refractivity contribution in [3.8, 4) is 5.75 Å². The quantitative estimate of drug-likeness (QED) is 0.0737. The van der Waals surface area contributed by atoms with Gasteiger partial charge in [-0.25, -0.2) is 0 Å². The molecule has 1 heterocycles. The molecule has 1 aliphatic carbocycles. The maximum atomic E-state index is 13.4. The highest BCUT2D eigenvalue weighted by Crippen LogP contribution is 2.44. The predicted octanol–water partition coefficient (Wildman–Crippen LogP) is 14.0. The molecule has 0 saturated heterocycles. The minimum Gasteiger partial charge on any atom is -0.507 e. The Bertz CT molecular complexity index is 1950. The van der Waals surface area contributed by atoms with Crippen LogP contribution in [0.25, 0.3) is 16.5 Å². The Morgan fingerprint density at radius 2 is 1.67 bits per heavy atom. The van der Waals surface area contributed by atoms with Gasteiger partial charge in [0, 0.05) is 46.0 Å². The zero-order valence-corrected chi connectivity index (χ0v) is 36.9. The SMILES string of the molecule is CCCN(C)CCC.C\C=C/C(=C\C=C\CC)c1c(O)cc(NC(=O)c2ccc(Cc3ccc4c(c3)c(C)c(C)n4CCCCC(C)CC)cc2)cc1C1CCC1.